The molecule has 2 atom stereocenters. The van der Waals surface area contributed by atoms with Crippen molar-refractivity contribution in [1.82, 2.24) is 29.1 Å². The van der Waals surface area contributed by atoms with Crippen molar-refractivity contribution >= 4 is 38.7 Å². The molecule has 0 N–H and O–H groups in total. The number of likely N-dealkylation sites (tertiary alicyclic amines) is 1. The summed E-state index contributed by atoms with van der Waals surface area (Å²) in [6.45, 7) is 9.36. The summed E-state index contributed by atoms with van der Waals surface area (Å²) in [7, 11) is 0. The quantitative estimate of drug-likeness (QED) is 0.166. The van der Waals surface area contributed by atoms with Gasteiger partial charge in [0.2, 0.25) is 5.91 Å². The molecule has 2 amide bonds. The Morgan fingerprint density at radius 3 is 2.38 bits per heavy atom. The molecule has 2 aromatic heterocycles. The van der Waals surface area contributed by atoms with Crippen molar-refractivity contribution in [1.29, 1.82) is 5.26 Å². The van der Waals surface area contributed by atoms with Gasteiger partial charge in [0.15, 0.2) is 0 Å². The van der Waals surface area contributed by atoms with Crippen molar-refractivity contribution in [2.75, 3.05) is 39.3 Å². The Labute approximate surface area is 284 Å². The Bertz CT molecular complexity index is 1840. The van der Waals surface area contributed by atoms with Gasteiger partial charge >= 0.3 is 236 Å². The zero-order valence-corrected chi connectivity index (χ0v) is 29.5. The number of imidazole rings is 1. The predicted octanol–water partition coefficient (Wildman–Crippen LogP) is 3.55. The molecule has 2 aromatic carbocycles. The summed E-state index contributed by atoms with van der Waals surface area (Å²) in [5, 5.41) is 10.1. The summed E-state index contributed by atoms with van der Waals surface area (Å²) in [5.74, 6) is 2.23. The average Bonchev–Trinajstić information content (AvgIpc) is 3.49. The number of para-hydroxylation sites is 1. The fourth-order valence-electron chi connectivity index (χ4n) is 6.61. The van der Waals surface area contributed by atoms with Crippen LogP contribution in [0.5, 0.6) is 11.5 Å². The van der Waals surface area contributed by atoms with Crippen LogP contribution in [-0.4, -0.2) is 103 Å². The van der Waals surface area contributed by atoms with Gasteiger partial charge in [-0.3, -0.25) is 4.79 Å². The van der Waals surface area contributed by atoms with Gasteiger partial charge in [0.25, 0.3) is 0 Å². The van der Waals surface area contributed by atoms with Crippen molar-refractivity contribution in [3.63, 3.8) is 0 Å². The van der Waals surface area contributed by atoms with Gasteiger partial charge in [-0.15, -0.1) is 0 Å². The zero-order chi connectivity index (χ0) is 33.1. The van der Waals surface area contributed by atoms with E-state index in [1.165, 1.54) is 16.9 Å². The van der Waals surface area contributed by atoms with E-state index in [0.717, 1.165) is 51.4 Å². The molecule has 0 spiro atoms. The normalized spacial score (nSPS) is 17.9. The summed E-state index contributed by atoms with van der Waals surface area (Å²) in [4.78, 5) is 41.3. The molecule has 6 rings (SSSR count). The van der Waals surface area contributed by atoms with Crippen LogP contribution in [0.2, 0.25) is 0 Å². The van der Waals surface area contributed by atoms with Crippen molar-refractivity contribution in [3.8, 4) is 28.8 Å². The predicted molar refractivity (Wildman–Crippen MR) is 183 cm³/mol. The molecular formula is C36H40AsN7O3. The largest absolute Gasteiger partial charge is 0.0333 e. The van der Waals surface area contributed by atoms with E-state index in [2.05, 4.69) is 20.4 Å². The molecule has 4 aromatic rings. The Kier molecular flexibility index (Phi) is 9.49. The van der Waals surface area contributed by atoms with Crippen molar-refractivity contribution in [2.24, 2.45) is 0 Å². The van der Waals surface area contributed by atoms with E-state index in [9.17, 15) is 14.9 Å². The van der Waals surface area contributed by atoms with Crippen LogP contribution in [0.1, 0.15) is 45.4 Å². The molecule has 2 saturated heterocycles. The first-order valence-corrected chi connectivity index (χ1v) is 17.2. The topological polar surface area (TPSA) is 107 Å². The molecule has 2 aliphatic rings. The van der Waals surface area contributed by atoms with Gasteiger partial charge < -0.3 is 4.90 Å². The third kappa shape index (κ3) is 6.97. The summed E-state index contributed by atoms with van der Waals surface area (Å²) in [6, 6.07) is 19.8. The number of benzene rings is 2. The number of piperazine rings is 1. The number of carbonyl (C=O) groups is 2. The number of fused-ring (bicyclic) bond motifs is 1. The fourth-order valence-corrected chi connectivity index (χ4v) is 7.37. The Hall–Kier alpha value is -4.45. The Morgan fingerprint density at radius 2 is 1.70 bits per heavy atom. The van der Waals surface area contributed by atoms with Gasteiger partial charge in [0.1, 0.15) is 0 Å². The van der Waals surface area contributed by atoms with Crippen LogP contribution in [0.4, 0.5) is 0 Å². The molecular weight excluding hydrogens is 653 g/mol. The SMILES string of the molecule is CC(=O)N1CCN(C(C)(C)/C=C(/C#N)C(=O)N2CCC[C@@H](c3nc(-c4ccc(Oc5ccccc5)cc4)c4c([AsH2])nccn34)C2)CC1. The number of ether oxygens (including phenoxy) is 1. The van der Waals surface area contributed by atoms with Crippen LogP contribution < -0.4 is 9.22 Å². The molecule has 0 bridgehead atoms. The maximum Gasteiger partial charge on any atom is 0.0333 e. The minimum Gasteiger partial charge on any atom is 0.0168 e. The summed E-state index contributed by atoms with van der Waals surface area (Å²) >= 11 is 1.43. The minimum atomic E-state index is -0.513. The van der Waals surface area contributed by atoms with Gasteiger partial charge in [-0.25, -0.2) is 0 Å². The van der Waals surface area contributed by atoms with E-state index in [1.54, 1.807) is 24.1 Å². The second-order valence-electron chi connectivity index (χ2n) is 12.7. The number of nitriles is 1. The van der Waals surface area contributed by atoms with Crippen LogP contribution in [0.15, 0.2) is 78.6 Å². The number of hydrogen-bond acceptors (Lipinski definition) is 7. The van der Waals surface area contributed by atoms with Crippen LogP contribution in [0.25, 0.3) is 16.8 Å². The summed E-state index contributed by atoms with van der Waals surface area (Å²) in [6.07, 6.45) is 7.25. The molecule has 0 radical (unpaired) electrons. The van der Waals surface area contributed by atoms with Crippen LogP contribution >= 0.6 is 0 Å². The molecule has 0 aliphatic carbocycles. The minimum absolute atomic E-state index is 0.00320. The Morgan fingerprint density at radius 1 is 1.00 bits per heavy atom. The first-order valence-electron chi connectivity index (χ1n) is 16.0. The number of carbonyl (C=O) groups excluding carboxylic acids is 2. The molecule has 2 aliphatic heterocycles. The number of piperidine rings is 1. The molecule has 10 nitrogen and oxygen atoms in total. The smallest absolute Gasteiger partial charge is 0.0168 e. The van der Waals surface area contributed by atoms with Crippen molar-refractivity contribution in [3.05, 3.63) is 84.5 Å². The number of amides is 2. The van der Waals surface area contributed by atoms with Gasteiger partial charge in [-0.1, -0.05) is 0 Å². The van der Waals surface area contributed by atoms with E-state index in [4.69, 9.17) is 9.72 Å². The molecule has 2 fully saturated rings. The first-order chi connectivity index (χ1) is 22.6. The van der Waals surface area contributed by atoms with E-state index < -0.39 is 5.54 Å². The Balaban J connectivity index is 1.23. The number of rotatable bonds is 7. The average molecular weight is 694 g/mol. The number of hydrogen-bond donors (Lipinski definition) is 0. The van der Waals surface area contributed by atoms with Crippen molar-refractivity contribution < 1.29 is 14.3 Å². The van der Waals surface area contributed by atoms with Crippen LogP contribution in [0.3, 0.4) is 0 Å². The number of nitrogens with zero attached hydrogens (tertiary/aromatic N) is 7. The summed E-state index contributed by atoms with van der Waals surface area (Å²) in [5.41, 5.74) is 2.42. The molecule has 47 heavy (non-hydrogen) atoms. The van der Waals surface area contributed by atoms with Crippen LogP contribution in [0, 0.1) is 11.3 Å². The van der Waals surface area contributed by atoms with E-state index >= 15 is 0 Å². The van der Waals surface area contributed by atoms with Gasteiger partial charge in [-0.2, -0.15) is 0 Å². The standard InChI is InChI=1S/C36H40AsN7O3/c1-25(45)41-18-20-43(21-19-41)36(2,3)22-28(23-38)35(46)42-16-7-8-27(24-42)34-40-31(32-33(37)39-15-17-44(32)34)26-11-13-30(14-12-26)47-29-9-5-4-6-10-29/h4-6,9-15,17,22,27H,7-8,16,18-21,24,37H2,1-3H3/b28-22-/t27-/m1/s1. The molecule has 0 saturated carbocycles. The molecule has 242 valence electrons. The number of aromatic nitrogens is 3. The first kappa shape index (κ1) is 32.5. The third-order valence-corrected chi connectivity index (χ3v) is 10.1. The van der Waals surface area contributed by atoms with Gasteiger partial charge in [0, 0.05) is 33.1 Å². The second-order valence-corrected chi connectivity index (χ2v) is 13.8. The van der Waals surface area contributed by atoms with Crippen molar-refractivity contribution in [2.45, 2.75) is 45.1 Å². The maximum atomic E-state index is 13.8. The summed E-state index contributed by atoms with van der Waals surface area (Å²) < 4.78 is 9.06. The van der Waals surface area contributed by atoms with E-state index in [0.29, 0.717) is 39.3 Å². The molecule has 1 unspecified atom stereocenters. The molecule has 4 heterocycles. The maximum absolute atomic E-state index is 13.8. The second kappa shape index (κ2) is 13.7. The van der Waals surface area contributed by atoms with Crippen LogP contribution in [-0.2, 0) is 9.59 Å². The molecule has 11 heteroatoms. The van der Waals surface area contributed by atoms with Gasteiger partial charge in [0.05, 0.1) is 0 Å². The third-order valence-electron chi connectivity index (χ3n) is 9.18. The monoisotopic (exact) mass is 693 g/mol. The van der Waals surface area contributed by atoms with E-state index in [-0.39, 0.29) is 23.3 Å². The van der Waals surface area contributed by atoms with E-state index in [1.807, 2.05) is 79.5 Å². The fraction of sp³-hybridized carbons (Fsp3) is 0.361. The van der Waals surface area contributed by atoms with Gasteiger partial charge in [-0.05, 0) is 0 Å². The zero-order valence-electron chi connectivity index (χ0n) is 27.1.